The highest BCUT2D eigenvalue weighted by molar-refractivity contribution is 6.37. The fraction of sp³-hybridized carbons (Fsp3) is 0. The van der Waals surface area contributed by atoms with E-state index in [9.17, 15) is 4.39 Å². The molecule has 0 aliphatic heterocycles. The standard InChI is InChI=1S/C11H8Cl3FN4/c12-6-2-1-5(3-9(6)15)17-10-7(13)4-8(14)11(18-10)19-16/h1-4H,16H2,(H2,17,18,19). The van der Waals surface area contributed by atoms with Crippen molar-refractivity contribution in [3.8, 4) is 0 Å². The molecule has 0 aliphatic carbocycles. The van der Waals surface area contributed by atoms with Crippen molar-refractivity contribution in [1.82, 2.24) is 4.98 Å². The lowest BCUT2D eigenvalue weighted by atomic mass is 10.3. The van der Waals surface area contributed by atoms with Crippen LogP contribution in [0.4, 0.5) is 21.7 Å². The van der Waals surface area contributed by atoms with Crippen molar-refractivity contribution < 1.29 is 4.39 Å². The van der Waals surface area contributed by atoms with Crippen molar-refractivity contribution in [1.29, 1.82) is 0 Å². The maximum absolute atomic E-state index is 13.3. The molecule has 0 amide bonds. The Kier molecular flexibility index (Phi) is 4.31. The number of hydrogen-bond acceptors (Lipinski definition) is 4. The van der Waals surface area contributed by atoms with Crippen LogP contribution in [0.25, 0.3) is 0 Å². The third kappa shape index (κ3) is 3.19. The van der Waals surface area contributed by atoms with E-state index in [2.05, 4.69) is 15.7 Å². The van der Waals surface area contributed by atoms with E-state index in [1.165, 1.54) is 18.2 Å². The minimum absolute atomic E-state index is 0.0324. The van der Waals surface area contributed by atoms with E-state index in [0.29, 0.717) is 11.5 Å². The van der Waals surface area contributed by atoms with Crippen molar-refractivity contribution >= 4 is 52.1 Å². The minimum atomic E-state index is -0.547. The molecular weight excluding hydrogens is 314 g/mol. The molecule has 19 heavy (non-hydrogen) atoms. The number of pyridine rings is 1. The molecule has 0 fully saturated rings. The van der Waals surface area contributed by atoms with Crippen molar-refractivity contribution in [2.45, 2.75) is 0 Å². The van der Waals surface area contributed by atoms with Crippen molar-refractivity contribution in [2.75, 3.05) is 10.7 Å². The quantitative estimate of drug-likeness (QED) is 0.585. The zero-order chi connectivity index (χ0) is 14.0. The van der Waals surface area contributed by atoms with Gasteiger partial charge >= 0.3 is 0 Å². The maximum Gasteiger partial charge on any atom is 0.161 e. The Morgan fingerprint density at radius 1 is 1.00 bits per heavy atom. The summed E-state index contributed by atoms with van der Waals surface area (Å²) in [5.41, 5.74) is 2.78. The number of aromatic nitrogens is 1. The zero-order valence-corrected chi connectivity index (χ0v) is 11.6. The van der Waals surface area contributed by atoms with Crippen LogP contribution < -0.4 is 16.6 Å². The summed E-state index contributed by atoms with van der Waals surface area (Å²) in [7, 11) is 0. The normalized spacial score (nSPS) is 10.4. The lowest BCUT2D eigenvalue weighted by Gasteiger charge is -2.11. The van der Waals surface area contributed by atoms with E-state index < -0.39 is 5.82 Å². The SMILES string of the molecule is NNc1nc(Nc2ccc(Cl)c(F)c2)c(Cl)cc1Cl. The number of hydrazine groups is 1. The largest absolute Gasteiger partial charge is 0.339 e. The van der Waals surface area contributed by atoms with Crippen LogP contribution in [0, 0.1) is 5.82 Å². The first-order valence-electron chi connectivity index (χ1n) is 5.06. The molecule has 1 heterocycles. The summed E-state index contributed by atoms with van der Waals surface area (Å²) in [6.07, 6.45) is 0. The highest BCUT2D eigenvalue weighted by Crippen LogP contribution is 2.31. The van der Waals surface area contributed by atoms with Crippen molar-refractivity contribution in [3.05, 3.63) is 45.2 Å². The maximum atomic E-state index is 13.3. The second-order valence-corrected chi connectivity index (χ2v) is 4.77. The lowest BCUT2D eigenvalue weighted by molar-refractivity contribution is 0.629. The molecule has 0 unspecified atom stereocenters. The molecule has 100 valence electrons. The average Bonchev–Trinajstić information content (AvgIpc) is 2.37. The molecule has 2 rings (SSSR count). The molecule has 0 saturated heterocycles. The second-order valence-electron chi connectivity index (χ2n) is 3.55. The van der Waals surface area contributed by atoms with E-state index in [0.717, 1.165) is 0 Å². The van der Waals surface area contributed by atoms with Gasteiger partial charge in [-0.15, -0.1) is 0 Å². The highest BCUT2D eigenvalue weighted by atomic mass is 35.5. The third-order valence-electron chi connectivity index (χ3n) is 2.25. The predicted molar refractivity (Wildman–Crippen MR) is 76.8 cm³/mol. The Balaban J connectivity index is 2.34. The van der Waals surface area contributed by atoms with Gasteiger partial charge < -0.3 is 10.7 Å². The number of hydrogen-bond donors (Lipinski definition) is 3. The monoisotopic (exact) mass is 320 g/mol. The van der Waals surface area contributed by atoms with Crippen LogP contribution in [0.3, 0.4) is 0 Å². The Hall–Kier alpha value is -1.27. The third-order valence-corrected chi connectivity index (χ3v) is 3.13. The van der Waals surface area contributed by atoms with Crippen molar-refractivity contribution in [2.24, 2.45) is 5.84 Å². The molecular formula is C11H8Cl3FN4. The number of halogens is 4. The summed E-state index contributed by atoms with van der Waals surface area (Å²) >= 11 is 17.4. The van der Waals surface area contributed by atoms with Crippen LogP contribution >= 0.6 is 34.8 Å². The summed E-state index contributed by atoms with van der Waals surface area (Å²) in [6, 6.07) is 5.71. The van der Waals surface area contributed by atoms with Crippen LogP contribution in [0.15, 0.2) is 24.3 Å². The van der Waals surface area contributed by atoms with E-state index in [1.807, 2.05) is 0 Å². The smallest absolute Gasteiger partial charge is 0.161 e. The first kappa shape index (κ1) is 14.1. The molecule has 4 nitrogen and oxygen atoms in total. The molecule has 0 spiro atoms. The fourth-order valence-corrected chi connectivity index (χ4v) is 1.94. The first-order valence-corrected chi connectivity index (χ1v) is 6.19. The van der Waals surface area contributed by atoms with Crippen LogP contribution in [0.1, 0.15) is 0 Å². The van der Waals surface area contributed by atoms with Crippen LogP contribution in [0.5, 0.6) is 0 Å². The van der Waals surface area contributed by atoms with Gasteiger partial charge in [0.2, 0.25) is 0 Å². The number of nitrogens with zero attached hydrogens (tertiary/aromatic N) is 1. The number of nitrogens with two attached hydrogens (primary N) is 1. The van der Waals surface area contributed by atoms with Gasteiger partial charge in [0.15, 0.2) is 11.6 Å². The topological polar surface area (TPSA) is 63.0 Å². The predicted octanol–water partition coefficient (Wildman–Crippen LogP) is 4.21. The number of rotatable bonds is 3. The minimum Gasteiger partial charge on any atom is -0.339 e. The van der Waals surface area contributed by atoms with E-state index in [4.69, 9.17) is 40.6 Å². The average molecular weight is 322 g/mol. The molecule has 0 saturated carbocycles. The van der Waals surface area contributed by atoms with Gasteiger partial charge in [0.25, 0.3) is 0 Å². The Labute approximate surface area is 123 Å². The summed E-state index contributed by atoms with van der Waals surface area (Å²) in [6.45, 7) is 0. The van der Waals surface area contributed by atoms with Crippen LogP contribution in [-0.2, 0) is 0 Å². The van der Waals surface area contributed by atoms with E-state index in [-0.39, 0.29) is 20.9 Å². The molecule has 0 radical (unpaired) electrons. The van der Waals surface area contributed by atoms with Gasteiger partial charge in [-0.3, -0.25) is 0 Å². The van der Waals surface area contributed by atoms with E-state index in [1.54, 1.807) is 6.07 Å². The number of anilines is 3. The molecule has 4 N–H and O–H groups in total. The molecule has 1 aromatic carbocycles. The van der Waals surface area contributed by atoms with Gasteiger partial charge in [0.05, 0.1) is 15.1 Å². The first-order chi connectivity index (χ1) is 9.01. The Bertz CT molecular complexity index is 621. The molecule has 0 aliphatic rings. The van der Waals surface area contributed by atoms with Gasteiger partial charge in [-0.1, -0.05) is 34.8 Å². The highest BCUT2D eigenvalue weighted by Gasteiger charge is 2.09. The molecule has 2 aromatic rings. The summed E-state index contributed by atoms with van der Waals surface area (Å²) in [5.74, 6) is 5.26. The summed E-state index contributed by atoms with van der Waals surface area (Å²) in [5, 5.41) is 3.43. The van der Waals surface area contributed by atoms with Crippen LogP contribution in [-0.4, -0.2) is 4.98 Å². The Morgan fingerprint density at radius 2 is 1.68 bits per heavy atom. The summed E-state index contributed by atoms with van der Waals surface area (Å²) < 4.78 is 13.3. The van der Waals surface area contributed by atoms with E-state index >= 15 is 0 Å². The lowest BCUT2D eigenvalue weighted by Crippen LogP contribution is -2.10. The fourth-order valence-electron chi connectivity index (χ4n) is 1.37. The number of nitrogens with one attached hydrogen (secondary N) is 2. The molecule has 0 bridgehead atoms. The number of benzene rings is 1. The summed E-state index contributed by atoms with van der Waals surface area (Å²) in [4.78, 5) is 4.07. The number of nitrogen functional groups attached to an aromatic ring is 1. The molecule has 1 aromatic heterocycles. The van der Waals surface area contributed by atoms with Gasteiger partial charge in [0.1, 0.15) is 5.82 Å². The van der Waals surface area contributed by atoms with Gasteiger partial charge in [-0.05, 0) is 24.3 Å². The van der Waals surface area contributed by atoms with Gasteiger partial charge in [-0.25, -0.2) is 15.2 Å². The van der Waals surface area contributed by atoms with Crippen molar-refractivity contribution in [3.63, 3.8) is 0 Å². The van der Waals surface area contributed by atoms with Gasteiger partial charge in [-0.2, -0.15) is 0 Å². The zero-order valence-electron chi connectivity index (χ0n) is 9.35. The Morgan fingerprint density at radius 3 is 2.32 bits per heavy atom. The van der Waals surface area contributed by atoms with Gasteiger partial charge in [0, 0.05) is 5.69 Å². The molecule has 8 heteroatoms. The second kappa shape index (κ2) is 5.79. The van der Waals surface area contributed by atoms with Crippen LogP contribution in [0.2, 0.25) is 15.1 Å². The molecule has 0 atom stereocenters.